The van der Waals surface area contributed by atoms with Crippen LogP contribution >= 0.6 is 0 Å². The third-order valence-electron chi connectivity index (χ3n) is 3.62. The van der Waals surface area contributed by atoms with Crippen molar-refractivity contribution in [2.24, 2.45) is 0 Å². The van der Waals surface area contributed by atoms with Gasteiger partial charge in [-0.2, -0.15) is 0 Å². The van der Waals surface area contributed by atoms with Gasteiger partial charge in [0.05, 0.1) is 25.9 Å². The molecule has 1 heterocycles. The van der Waals surface area contributed by atoms with Crippen molar-refractivity contribution >= 4 is 23.7 Å². The average molecular weight is 375 g/mol. The summed E-state index contributed by atoms with van der Waals surface area (Å²) < 4.78 is 20.6. The first-order chi connectivity index (χ1) is 12.9. The molecule has 8 nitrogen and oxygen atoms in total. The van der Waals surface area contributed by atoms with Crippen LogP contribution < -0.4 is 10.1 Å². The first-order valence-electron chi connectivity index (χ1n) is 8.36. The first-order valence-corrected chi connectivity index (χ1v) is 8.36. The van der Waals surface area contributed by atoms with Crippen LogP contribution in [0, 0.1) is 6.92 Å². The summed E-state index contributed by atoms with van der Waals surface area (Å²) in [6.45, 7) is 4.97. The minimum Gasteiger partial charge on any atom is -0.496 e. The van der Waals surface area contributed by atoms with Gasteiger partial charge in [-0.3, -0.25) is 10.1 Å². The van der Waals surface area contributed by atoms with E-state index in [1.165, 1.54) is 14.0 Å². The molecule has 1 aromatic carbocycles. The molecule has 0 atom stereocenters. The molecule has 8 heteroatoms. The van der Waals surface area contributed by atoms with E-state index < -0.39 is 17.8 Å². The maximum Gasteiger partial charge on any atom is 0.344 e. The quantitative estimate of drug-likeness (QED) is 0.741. The minimum absolute atomic E-state index is 0.0781. The SMILES string of the molecule is CCOC(=O)c1c(C)oc(NC(=O)c2ccccc2OC)c1C(=O)OCC. The van der Waals surface area contributed by atoms with E-state index in [0.29, 0.717) is 5.75 Å². The summed E-state index contributed by atoms with van der Waals surface area (Å²) in [5.74, 6) is -1.81. The second kappa shape index (κ2) is 8.88. The molecule has 0 aliphatic rings. The Hall–Kier alpha value is -3.29. The van der Waals surface area contributed by atoms with Gasteiger partial charge in [-0.15, -0.1) is 0 Å². The number of nitrogens with one attached hydrogen (secondary N) is 1. The maximum absolute atomic E-state index is 12.6. The van der Waals surface area contributed by atoms with Crippen molar-refractivity contribution < 1.29 is 33.0 Å². The number of anilines is 1. The van der Waals surface area contributed by atoms with Crippen molar-refractivity contribution in [2.75, 3.05) is 25.6 Å². The number of hydrogen-bond acceptors (Lipinski definition) is 7. The lowest BCUT2D eigenvalue weighted by Gasteiger charge is -2.09. The molecule has 1 N–H and O–H groups in total. The number of amides is 1. The largest absolute Gasteiger partial charge is 0.496 e. The van der Waals surface area contributed by atoms with E-state index in [1.807, 2.05) is 0 Å². The number of ether oxygens (including phenoxy) is 3. The highest BCUT2D eigenvalue weighted by molar-refractivity contribution is 6.12. The zero-order valence-corrected chi connectivity index (χ0v) is 15.6. The van der Waals surface area contributed by atoms with Crippen LogP contribution in [-0.4, -0.2) is 38.2 Å². The van der Waals surface area contributed by atoms with Gasteiger partial charge < -0.3 is 18.6 Å². The van der Waals surface area contributed by atoms with Crippen LogP contribution in [0.4, 0.5) is 5.88 Å². The third kappa shape index (κ3) is 4.28. The van der Waals surface area contributed by atoms with E-state index >= 15 is 0 Å². The number of methoxy groups -OCH3 is 1. The molecule has 0 radical (unpaired) electrons. The van der Waals surface area contributed by atoms with Crippen molar-refractivity contribution in [3.05, 3.63) is 46.7 Å². The lowest BCUT2D eigenvalue weighted by atomic mass is 10.1. The van der Waals surface area contributed by atoms with Gasteiger partial charge in [-0.05, 0) is 32.9 Å². The number of hydrogen-bond donors (Lipinski definition) is 1. The number of para-hydroxylation sites is 1. The Morgan fingerprint density at radius 1 is 1.00 bits per heavy atom. The molecule has 1 aromatic heterocycles. The average Bonchev–Trinajstić information content (AvgIpc) is 2.97. The van der Waals surface area contributed by atoms with E-state index in [-0.39, 0.29) is 41.5 Å². The molecular weight excluding hydrogens is 354 g/mol. The van der Waals surface area contributed by atoms with Gasteiger partial charge in [0.15, 0.2) is 0 Å². The fourth-order valence-corrected chi connectivity index (χ4v) is 2.48. The molecule has 0 saturated carbocycles. The molecule has 0 bridgehead atoms. The second-order valence-corrected chi connectivity index (χ2v) is 5.33. The van der Waals surface area contributed by atoms with Gasteiger partial charge in [0.25, 0.3) is 5.91 Å². The number of carbonyl (C=O) groups excluding carboxylic acids is 3. The van der Waals surface area contributed by atoms with Gasteiger partial charge in [-0.25, -0.2) is 9.59 Å². The summed E-state index contributed by atoms with van der Waals surface area (Å²) in [5.41, 5.74) is -0.0248. The fourth-order valence-electron chi connectivity index (χ4n) is 2.48. The summed E-state index contributed by atoms with van der Waals surface area (Å²) >= 11 is 0. The van der Waals surface area contributed by atoms with Gasteiger partial charge in [-0.1, -0.05) is 12.1 Å². The lowest BCUT2D eigenvalue weighted by Crippen LogP contribution is -2.18. The van der Waals surface area contributed by atoms with Crippen molar-refractivity contribution in [1.29, 1.82) is 0 Å². The van der Waals surface area contributed by atoms with E-state index in [1.54, 1.807) is 38.1 Å². The fraction of sp³-hybridized carbons (Fsp3) is 0.316. The van der Waals surface area contributed by atoms with Crippen molar-refractivity contribution in [1.82, 2.24) is 0 Å². The highest BCUT2D eigenvalue weighted by Crippen LogP contribution is 2.30. The Labute approximate surface area is 156 Å². The predicted molar refractivity (Wildman–Crippen MR) is 96.3 cm³/mol. The number of aryl methyl sites for hydroxylation is 1. The third-order valence-corrected chi connectivity index (χ3v) is 3.62. The Bertz CT molecular complexity index is 854. The standard InChI is InChI=1S/C19H21NO7/c1-5-25-18(22)14-11(3)27-17(15(14)19(23)26-6-2)20-16(21)12-9-7-8-10-13(12)24-4/h7-10H,5-6H2,1-4H3,(H,20,21). The topological polar surface area (TPSA) is 104 Å². The Morgan fingerprint density at radius 3 is 2.19 bits per heavy atom. The van der Waals surface area contributed by atoms with E-state index in [4.69, 9.17) is 18.6 Å². The zero-order chi connectivity index (χ0) is 20.0. The van der Waals surface area contributed by atoms with Crippen LogP contribution in [0.15, 0.2) is 28.7 Å². The second-order valence-electron chi connectivity index (χ2n) is 5.33. The Kier molecular flexibility index (Phi) is 6.59. The minimum atomic E-state index is -0.798. The van der Waals surface area contributed by atoms with Crippen LogP contribution in [0.2, 0.25) is 0 Å². The summed E-state index contributed by atoms with van der Waals surface area (Å²) in [6, 6.07) is 6.57. The number of rotatable bonds is 7. The first kappa shape index (κ1) is 20.0. The van der Waals surface area contributed by atoms with Crippen LogP contribution in [0.1, 0.15) is 50.7 Å². The number of benzene rings is 1. The molecule has 1 amide bonds. The summed E-state index contributed by atoms with van der Waals surface area (Å²) in [7, 11) is 1.44. The molecule has 0 spiro atoms. The molecule has 0 fully saturated rings. The van der Waals surface area contributed by atoms with Gasteiger partial charge in [0.1, 0.15) is 22.6 Å². The normalized spacial score (nSPS) is 10.2. The molecule has 0 unspecified atom stereocenters. The zero-order valence-electron chi connectivity index (χ0n) is 15.6. The van der Waals surface area contributed by atoms with Crippen LogP contribution in [0.5, 0.6) is 5.75 Å². The highest BCUT2D eigenvalue weighted by Gasteiger charge is 2.31. The number of carbonyl (C=O) groups is 3. The van der Waals surface area contributed by atoms with Crippen LogP contribution in [-0.2, 0) is 9.47 Å². The van der Waals surface area contributed by atoms with E-state index in [0.717, 1.165) is 0 Å². The molecule has 0 aliphatic heterocycles. The van der Waals surface area contributed by atoms with Crippen LogP contribution in [0.3, 0.4) is 0 Å². The van der Waals surface area contributed by atoms with Crippen LogP contribution in [0.25, 0.3) is 0 Å². The number of esters is 2. The highest BCUT2D eigenvalue weighted by atomic mass is 16.5. The van der Waals surface area contributed by atoms with E-state index in [2.05, 4.69) is 5.32 Å². The summed E-state index contributed by atoms with van der Waals surface area (Å²) in [5, 5.41) is 2.50. The summed E-state index contributed by atoms with van der Waals surface area (Å²) in [4.78, 5) is 37.2. The molecule has 0 saturated heterocycles. The predicted octanol–water partition coefficient (Wildman–Crippen LogP) is 3.20. The lowest BCUT2D eigenvalue weighted by molar-refractivity contribution is 0.0480. The molecular formula is C19H21NO7. The molecule has 2 aromatic rings. The Morgan fingerprint density at radius 2 is 1.59 bits per heavy atom. The molecule has 27 heavy (non-hydrogen) atoms. The van der Waals surface area contributed by atoms with Crippen molar-refractivity contribution in [3.63, 3.8) is 0 Å². The van der Waals surface area contributed by atoms with Gasteiger partial charge in [0, 0.05) is 0 Å². The number of furan rings is 1. The molecule has 2 rings (SSSR count). The smallest absolute Gasteiger partial charge is 0.344 e. The maximum atomic E-state index is 12.6. The summed E-state index contributed by atoms with van der Waals surface area (Å²) in [6.07, 6.45) is 0. The van der Waals surface area contributed by atoms with Gasteiger partial charge >= 0.3 is 11.9 Å². The van der Waals surface area contributed by atoms with Crippen molar-refractivity contribution in [2.45, 2.75) is 20.8 Å². The van der Waals surface area contributed by atoms with Crippen molar-refractivity contribution in [3.8, 4) is 5.75 Å². The molecule has 144 valence electrons. The van der Waals surface area contributed by atoms with E-state index in [9.17, 15) is 14.4 Å². The Balaban J connectivity index is 2.46. The van der Waals surface area contributed by atoms with Gasteiger partial charge in [0.2, 0.25) is 5.88 Å². The monoisotopic (exact) mass is 375 g/mol. The molecule has 0 aliphatic carbocycles.